The highest BCUT2D eigenvalue weighted by molar-refractivity contribution is 5.84. The van der Waals surface area contributed by atoms with Crippen LogP contribution in [0.15, 0.2) is 0 Å². The van der Waals surface area contributed by atoms with Gasteiger partial charge in [-0.05, 0) is 0 Å². The lowest BCUT2D eigenvalue weighted by atomic mass is 10.1. The lowest BCUT2D eigenvalue weighted by molar-refractivity contribution is -0.935. The molecule has 8 N–H and O–H groups in total. The third kappa shape index (κ3) is 3.26. The van der Waals surface area contributed by atoms with Crippen molar-refractivity contribution >= 4 is 23.9 Å². The number of quaternary nitrogens is 1. The number of carboxylic acids is 4. The zero-order chi connectivity index (χ0) is 15.7. The summed E-state index contributed by atoms with van der Waals surface area (Å²) in [4.78, 5) is 44.0. The molecule has 0 bridgehead atoms. The largest absolute Gasteiger partial charge is 0.477 e. The molecule has 0 spiro atoms. The van der Waals surface area contributed by atoms with Crippen LogP contribution in [0.1, 0.15) is 6.42 Å². The van der Waals surface area contributed by atoms with Crippen LogP contribution in [-0.4, -0.2) is 85.2 Å². The lowest BCUT2D eigenvalue weighted by Crippen LogP contribution is -2.67. The Morgan fingerprint density at radius 1 is 0.905 bits per heavy atom. The first kappa shape index (κ1) is 18.8. The van der Waals surface area contributed by atoms with Gasteiger partial charge in [0.1, 0.15) is 6.10 Å². The van der Waals surface area contributed by atoms with E-state index in [9.17, 15) is 29.4 Å². The van der Waals surface area contributed by atoms with Crippen molar-refractivity contribution in [1.82, 2.24) is 6.15 Å². The molecule has 0 aromatic rings. The highest BCUT2D eigenvalue weighted by Crippen LogP contribution is 2.47. The molecule has 1 aliphatic rings. The van der Waals surface area contributed by atoms with Gasteiger partial charge in [-0.1, -0.05) is 0 Å². The van der Waals surface area contributed by atoms with Crippen LogP contribution in [0.4, 0.5) is 0 Å². The summed E-state index contributed by atoms with van der Waals surface area (Å²) in [6, 6.07) is 0. The minimum absolute atomic E-state index is 0. The summed E-state index contributed by atoms with van der Waals surface area (Å²) in [6.07, 6.45) is -1.88. The summed E-state index contributed by atoms with van der Waals surface area (Å²) in [5.41, 5.74) is -2.12. The molecule has 2 unspecified atom stereocenters. The first-order valence-corrected chi connectivity index (χ1v) is 5.50. The molecule has 0 aromatic carbocycles. The van der Waals surface area contributed by atoms with Gasteiger partial charge in [-0.25, -0.2) is 19.2 Å². The Hall–Kier alpha value is -2.24. The number of nitrogens with zero attached hydrogens (tertiary/aromatic N) is 1. The monoisotopic (exact) mass is 309 g/mol. The van der Waals surface area contributed by atoms with Crippen molar-refractivity contribution in [1.29, 1.82) is 0 Å². The fourth-order valence-electron chi connectivity index (χ4n) is 2.55. The van der Waals surface area contributed by atoms with E-state index >= 15 is 0 Å². The van der Waals surface area contributed by atoms with Crippen LogP contribution in [0.25, 0.3) is 0 Å². The van der Waals surface area contributed by atoms with Gasteiger partial charge < -0.3 is 31.7 Å². The van der Waals surface area contributed by atoms with Crippen LogP contribution >= 0.6 is 0 Å². The van der Waals surface area contributed by atoms with E-state index in [4.69, 9.17) is 15.3 Å². The molecule has 1 aliphatic carbocycles. The van der Waals surface area contributed by atoms with Crippen LogP contribution in [0, 0.1) is 0 Å². The number of hydrogen-bond acceptors (Lipinski definition) is 6. The van der Waals surface area contributed by atoms with E-state index in [2.05, 4.69) is 0 Å². The topological polar surface area (TPSA) is 204 Å². The molecular weight excluding hydrogens is 292 g/mol. The maximum absolute atomic E-state index is 11.3. The summed E-state index contributed by atoms with van der Waals surface area (Å²) in [6.45, 7) is -3.08. The van der Waals surface area contributed by atoms with Crippen LogP contribution in [0.5, 0.6) is 0 Å². The molecule has 0 aromatic heterocycles. The number of aliphatic hydroxyl groups is 1. The highest BCUT2D eigenvalue weighted by atomic mass is 16.4. The Labute approximate surface area is 118 Å². The molecule has 1 rings (SSSR count). The third-order valence-corrected chi connectivity index (χ3v) is 3.43. The quantitative estimate of drug-likeness (QED) is 0.267. The van der Waals surface area contributed by atoms with Crippen molar-refractivity contribution in [3.63, 3.8) is 0 Å². The Morgan fingerprint density at radius 2 is 1.19 bits per heavy atom. The molecule has 1 fully saturated rings. The Morgan fingerprint density at radius 3 is 1.33 bits per heavy atom. The number of aliphatic hydroxyl groups excluding tert-OH is 1. The zero-order valence-corrected chi connectivity index (χ0v) is 10.9. The van der Waals surface area contributed by atoms with Gasteiger partial charge in [0.15, 0.2) is 19.6 Å². The standard InChI is InChI=1S/C10H13NO9.H3N/c12-5-1-10(5,9(19)20)11(2-6(13)14,3-7(15)16)4-8(17)18;/h5,12H,1-4H2,(H3-,13,14,15,16,17,18,19,20);1H3/p+1. The third-order valence-electron chi connectivity index (χ3n) is 3.43. The maximum Gasteiger partial charge on any atom is 0.368 e. The Bertz CT molecular complexity index is 436. The molecule has 21 heavy (non-hydrogen) atoms. The highest BCUT2D eigenvalue weighted by Gasteiger charge is 2.75. The van der Waals surface area contributed by atoms with Crippen LogP contribution < -0.4 is 6.15 Å². The average molecular weight is 309 g/mol. The molecule has 0 saturated heterocycles. The van der Waals surface area contributed by atoms with Crippen molar-refractivity contribution < 1.29 is 49.2 Å². The molecule has 0 aliphatic heterocycles. The van der Waals surface area contributed by atoms with E-state index in [1.165, 1.54) is 0 Å². The van der Waals surface area contributed by atoms with E-state index < -0.39 is 66.1 Å². The minimum Gasteiger partial charge on any atom is -0.477 e. The van der Waals surface area contributed by atoms with E-state index in [0.29, 0.717) is 0 Å². The summed E-state index contributed by atoms with van der Waals surface area (Å²) in [7, 11) is 0. The van der Waals surface area contributed by atoms with E-state index in [-0.39, 0.29) is 6.15 Å². The number of hydrogen-bond donors (Lipinski definition) is 6. The fourth-order valence-corrected chi connectivity index (χ4v) is 2.55. The number of carboxylic acid groups (broad SMARTS) is 4. The predicted molar refractivity (Wildman–Crippen MR) is 63.8 cm³/mol. The van der Waals surface area contributed by atoms with Gasteiger partial charge in [-0.2, -0.15) is 0 Å². The summed E-state index contributed by atoms with van der Waals surface area (Å²) in [5.74, 6) is -6.26. The molecule has 0 radical (unpaired) electrons. The summed E-state index contributed by atoms with van der Waals surface area (Å²) < 4.78 is -1.27. The van der Waals surface area contributed by atoms with Crippen molar-refractivity contribution in [2.75, 3.05) is 19.6 Å². The van der Waals surface area contributed by atoms with Gasteiger partial charge in [0.2, 0.25) is 5.54 Å². The van der Waals surface area contributed by atoms with Crippen LogP contribution in [0.2, 0.25) is 0 Å². The van der Waals surface area contributed by atoms with E-state index in [1.807, 2.05) is 0 Å². The lowest BCUT2D eigenvalue weighted by Gasteiger charge is -2.39. The molecule has 0 heterocycles. The van der Waals surface area contributed by atoms with Crippen molar-refractivity contribution in [2.45, 2.75) is 18.1 Å². The second-order valence-corrected chi connectivity index (χ2v) is 4.75. The second kappa shape index (κ2) is 6.03. The van der Waals surface area contributed by atoms with E-state index in [1.54, 1.807) is 0 Å². The first-order valence-electron chi connectivity index (χ1n) is 5.50. The van der Waals surface area contributed by atoms with Gasteiger partial charge in [0.05, 0.1) is 0 Å². The molecule has 11 nitrogen and oxygen atoms in total. The van der Waals surface area contributed by atoms with Gasteiger partial charge >= 0.3 is 23.9 Å². The normalized spacial score (nSPS) is 23.8. The van der Waals surface area contributed by atoms with Crippen LogP contribution in [0.3, 0.4) is 0 Å². The van der Waals surface area contributed by atoms with Crippen LogP contribution in [-0.2, 0) is 19.2 Å². The van der Waals surface area contributed by atoms with Crippen molar-refractivity contribution in [3.8, 4) is 0 Å². The molecule has 11 heteroatoms. The maximum atomic E-state index is 11.3. The molecule has 0 amide bonds. The van der Waals surface area contributed by atoms with E-state index in [0.717, 1.165) is 0 Å². The Balaban J connectivity index is 0.00000400. The summed E-state index contributed by atoms with van der Waals surface area (Å²) >= 11 is 0. The van der Waals surface area contributed by atoms with Gasteiger partial charge in [0, 0.05) is 6.42 Å². The summed E-state index contributed by atoms with van der Waals surface area (Å²) in [5, 5.41) is 45.3. The number of rotatable bonds is 8. The first-order chi connectivity index (χ1) is 9.07. The second-order valence-electron chi connectivity index (χ2n) is 4.75. The zero-order valence-electron chi connectivity index (χ0n) is 10.9. The molecule has 120 valence electrons. The number of carbonyl (C=O) groups is 4. The Kier molecular flexibility index (Phi) is 5.39. The van der Waals surface area contributed by atoms with Crippen molar-refractivity contribution in [2.24, 2.45) is 0 Å². The smallest absolute Gasteiger partial charge is 0.368 e. The molecule has 1 saturated carbocycles. The molecular formula is C10H17N2O9+. The van der Waals surface area contributed by atoms with Crippen molar-refractivity contribution in [3.05, 3.63) is 0 Å². The van der Waals surface area contributed by atoms with Gasteiger partial charge in [-0.15, -0.1) is 0 Å². The SMILES string of the molecule is N.O=C(O)C[N+](CC(=O)O)(CC(=O)O)C1(C(=O)O)CC1O. The average Bonchev–Trinajstić information content (AvgIpc) is 2.88. The predicted octanol–water partition coefficient (Wildman–Crippen LogP) is -2.19. The van der Waals surface area contributed by atoms with Gasteiger partial charge in [-0.3, -0.25) is 4.48 Å². The molecule has 2 atom stereocenters. The number of aliphatic carboxylic acids is 4. The van der Waals surface area contributed by atoms with Gasteiger partial charge in [0.25, 0.3) is 0 Å². The minimum atomic E-state index is -2.12. The fraction of sp³-hybridized carbons (Fsp3) is 0.600.